The summed E-state index contributed by atoms with van der Waals surface area (Å²) in [7, 11) is 2.08. The molecule has 0 N–H and O–H groups in total. The Morgan fingerprint density at radius 3 is 2.61 bits per heavy atom. The lowest BCUT2D eigenvalue weighted by molar-refractivity contribution is -0.123. The molecule has 1 atom stereocenters. The number of carbonyl (C=O) groups is 1. The lowest BCUT2D eigenvalue weighted by atomic mass is 10.0. The predicted octanol–water partition coefficient (Wildman–Crippen LogP) is 2.18. The number of pyridine rings is 1. The molecule has 1 amide bonds. The maximum atomic E-state index is 13.3. The highest BCUT2D eigenvalue weighted by molar-refractivity contribution is 8.26. The monoisotopic (exact) mass is 487 g/mol. The van der Waals surface area contributed by atoms with Crippen LogP contribution in [-0.4, -0.2) is 77.1 Å². The molecule has 0 bridgehead atoms. The van der Waals surface area contributed by atoms with Gasteiger partial charge < -0.3 is 14.5 Å². The lowest BCUT2D eigenvalue weighted by Gasteiger charge is -2.36. The van der Waals surface area contributed by atoms with Gasteiger partial charge in [-0.25, -0.2) is 0 Å². The van der Waals surface area contributed by atoms with Crippen LogP contribution in [0.25, 0.3) is 6.08 Å². The van der Waals surface area contributed by atoms with E-state index in [1.165, 1.54) is 11.8 Å². The molecule has 4 rings (SSSR count). The normalized spacial score (nSPS) is 23.1. The van der Waals surface area contributed by atoms with Crippen LogP contribution < -0.4 is 10.5 Å². The number of ether oxygens (including phenoxy) is 1. The number of nitrogens with zero attached hydrogens (tertiary/aromatic N) is 5. The summed E-state index contributed by atoms with van der Waals surface area (Å²) >= 11 is 6.79. The summed E-state index contributed by atoms with van der Waals surface area (Å²) in [6.07, 6.45) is 3.76. The molecule has 1 aromatic heterocycles. The summed E-state index contributed by atoms with van der Waals surface area (Å²) in [4.78, 5) is 32.9. The van der Waals surface area contributed by atoms with Gasteiger partial charge in [0.25, 0.3) is 11.5 Å². The first-order chi connectivity index (χ1) is 15.8. The summed E-state index contributed by atoms with van der Waals surface area (Å²) in [6, 6.07) is 2.08. The maximum absolute atomic E-state index is 13.3. The number of hydrogen-bond acceptors (Lipinski definition) is 8. The molecule has 3 saturated heterocycles. The van der Waals surface area contributed by atoms with E-state index in [-0.39, 0.29) is 23.1 Å². The third-order valence-corrected chi connectivity index (χ3v) is 7.90. The number of carbonyl (C=O) groups excluding carboxylic acids is 1. The molecule has 0 saturated carbocycles. The minimum atomic E-state index is -0.283. The van der Waals surface area contributed by atoms with E-state index < -0.39 is 0 Å². The second-order valence-electron chi connectivity index (χ2n) is 8.62. The number of aromatic nitrogens is 1. The predicted molar refractivity (Wildman–Crippen MR) is 134 cm³/mol. The summed E-state index contributed by atoms with van der Waals surface area (Å²) < 4.78 is 7.88. The first-order valence-electron chi connectivity index (χ1n) is 11.3. The van der Waals surface area contributed by atoms with Crippen LogP contribution in [0.5, 0.6) is 0 Å². The SMILES string of the molecule is CCn1c(N2CCN(C)CC2)c(C=C2SC(=S)N(CC3CCCO3)C2=O)c(C)c(C#N)c1=O. The van der Waals surface area contributed by atoms with Crippen LogP contribution in [0, 0.1) is 18.3 Å². The van der Waals surface area contributed by atoms with Gasteiger partial charge in [-0.05, 0) is 45.4 Å². The number of anilines is 1. The topological polar surface area (TPSA) is 81.8 Å². The van der Waals surface area contributed by atoms with Gasteiger partial charge in [-0.2, -0.15) is 5.26 Å². The first kappa shape index (κ1) is 24.0. The molecule has 0 aromatic carbocycles. The molecular formula is C23H29N5O3S2. The molecular weight excluding hydrogens is 458 g/mol. The number of hydrogen-bond donors (Lipinski definition) is 0. The molecule has 0 spiro atoms. The lowest BCUT2D eigenvalue weighted by Crippen LogP contribution is -2.47. The maximum Gasteiger partial charge on any atom is 0.270 e. The highest BCUT2D eigenvalue weighted by Gasteiger charge is 2.35. The van der Waals surface area contributed by atoms with E-state index in [4.69, 9.17) is 17.0 Å². The van der Waals surface area contributed by atoms with Crippen molar-refractivity contribution in [2.75, 3.05) is 51.3 Å². The molecule has 3 fully saturated rings. The Balaban J connectivity index is 1.78. The van der Waals surface area contributed by atoms with Crippen molar-refractivity contribution in [3.63, 3.8) is 0 Å². The van der Waals surface area contributed by atoms with Crippen molar-refractivity contribution in [2.45, 2.75) is 39.3 Å². The van der Waals surface area contributed by atoms with Crippen molar-refractivity contribution in [3.05, 3.63) is 31.9 Å². The number of thioether (sulfide) groups is 1. The second kappa shape index (κ2) is 9.97. The first-order valence-corrected chi connectivity index (χ1v) is 12.6. The minimum absolute atomic E-state index is 0.0154. The number of amides is 1. The number of thiocarbonyl (C=S) groups is 1. The van der Waals surface area contributed by atoms with Gasteiger partial charge >= 0.3 is 0 Å². The highest BCUT2D eigenvalue weighted by atomic mass is 32.2. The molecule has 1 unspecified atom stereocenters. The Bertz CT molecular complexity index is 1090. The standard InChI is InChI=1S/C23H29N5O3S2/c1-4-27-20(26-9-7-25(3)8-10-26)17(15(2)18(13-24)21(27)29)12-19-22(30)28(23(32)33-19)14-16-6-5-11-31-16/h12,16H,4-11,14H2,1-3H3. The summed E-state index contributed by atoms with van der Waals surface area (Å²) in [6.45, 7) is 8.60. The van der Waals surface area contributed by atoms with E-state index in [0.29, 0.717) is 27.9 Å². The molecule has 33 heavy (non-hydrogen) atoms. The van der Waals surface area contributed by atoms with Gasteiger partial charge in [0, 0.05) is 44.9 Å². The highest BCUT2D eigenvalue weighted by Crippen LogP contribution is 2.36. The molecule has 8 nitrogen and oxygen atoms in total. The Morgan fingerprint density at radius 1 is 1.27 bits per heavy atom. The Morgan fingerprint density at radius 2 is 2.00 bits per heavy atom. The van der Waals surface area contributed by atoms with Crippen molar-refractivity contribution >= 4 is 46.1 Å². The average molecular weight is 488 g/mol. The van der Waals surface area contributed by atoms with E-state index in [9.17, 15) is 14.9 Å². The fraction of sp³-hybridized carbons (Fsp3) is 0.565. The number of nitriles is 1. The van der Waals surface area contributed by atoms with Crippen LogP contribution in [0.3, 0.4) is 0 Å². The zero-order valence-electron chi connectivity index (χ0n) is 19.3. The average Bonchev–Trinajstić information content (AvgIpc) is 3.40. The number of likely N-dealkylation sites (N-methyl/N-ethyl adjacent to an activating group) is 1. The Hall–Kier alpha value is -2.19. The van der Waals surface area contributed by atoms with Crippen LogP contribution in [0.4, 0.5) is 5.82 Å². The molecule has 3 aliphatic heterocycles. The van der Waals surface area contributed by atoms with Gasteiger partial charge in [-0.15, -0.1) is 0 Å². The van der Waals surface area contributed by atoms with Crippen LogP contribution in [0.2, 0.25) is 0 Å². The van der Waals surface area contributed by atoms with E-state index in [2.05, 4.69) is 22.9 Å². The smallest absolute Gasteiger partial charge is 0.270 e. The fourth-order valence-corrected chi connectivity index (χ4v) is 5.83. The van der Waals surface area contributed by atoms with E-state index in [0.717, 1.165) is 57.0 Å². The quantitative estimate of drug-likeness (QED) is 0.462. The fourth-order valence-electron chi connectivity index (χ4n) is 4.58. The van der Waals surface area contributed by atoms with Gasteiger partial charge in [0.15, 0.2) is 0 Å². The molecule has 4 heterocycles. The third kappa shape index (κ3) is 4.60. The Labute approximate surface area is 203 Å². The minimum Gasteiger partial charge on any atom is -0.376 e. The van der Waals surface area contributed by atoms with Gasteiger partial charge in [-0.3, -0.25) is 19.1 Å². The van der Waals surface area contributed by atoms with E-state index >= 15 is 0 Å². The molecule has 1 aromatic rings. The number of piperazine rings is 1. The van der Waals surface area contributed by atoms with Crippen molar-refractivity contribution < 1.29 is 9.53 Å². The second-order valence-corrected chi connectivity index (χ2v) is 10.3. The zero-order valence-corrected chi connectivity index (χ0v) is 20.9. The van der Waals surface area contributed by atoms with Gasteiger partial charge in [-0.1, -0.05) is 24.0 Å². The van der Waals surface area contributed by atoms with Crippen LogP contribution >= 0.6 is 24.0 Å². The van der Waals surface area contributed by atoms with Crippen molar-refractivity contribution in [1.82, 2.24) is 14.4 Å². The molecule has 0 aliphatic carbocycles. The molecule has 0 radical (unpaired) electrons. The molecule has 176 valence electrons. The van der Waals surface area contributed by atoms with Crippen molar-refractivity contribution in [1.29, 1.82) is 5.26 Å². The third-order valence-electron chi connectivity index (χ3n) is 6.52. The van der Waals surface area contributed by atoms with Crippen molar-refractivity contribution in [2.24, 2.45) is 0 Å². The van der Waals surface area contributed by atoms with E-state index in [1.54, 1.807) is 16.4 Å². The van der Waals surface area contributed by atoms with Crippen molar-refractivity contribution in [3.8, 4) is 6.07 Å². The summed E-state index contributed by atoms with van der Waals surface area (Å²) in [5.74, 6) is 0.633. The van der Waals surface area contributed by atoms with E-state index in [1.807, 2.05) is 13.0 Å². The van der Waals surface area contributed by atoms with Crippen LogP contribution in [-0.2, 0) is 16.1 Å². The largest absolute Gasteiger partial charge is 0.376 e. The summed E-state index contributed by atoms with van der Waals surface area (Å²) in [5.41, 5.74) is 1.19. The van der Waals surface area contributed by atoms with Crippen LogP contribution in [0.1, 0.15) is 36.5 Å². The van der Waals surface area contributed by atoms with Crippen LogP contribution in [0.15, 0.2) is 9.70 Å². The van der Waals surface area contributed by atoms with Gasteiger partial charge in [0.1, 0.15) is 21.8 Å². The zero-order chi connectivity index (χ0) is 23.7. The Kier molecular flexibility index (Phi) is 7.24. The van der Waals surface area contributed by atoms with Gasteiger partial charge in [0.2, 0.25) is 0 Å². The number of rotatable bonds is 5. The van der Waals surface area contributed by atoms with Gasteiger partial charge in [0.05, 0.1) is 17.6 Å². The molecule has 10 heteroatoms. The molecule has 3 aliphatic rings. The summed E-state index contributed by atoms with van der Waals surface area (Å²) in [5, 5.41) is 9.72.